The summed E-state index contributed by atoms with van der Waals surface area (Å²) in [5, 5.41) is 4.33. The number of hydrogen-bond acceptors (Lipinski definition) is 3. The highest BCUT2D eigenvalue weighted by Gasteiger charge is 2.19. The van der Waals surface area contributed by atoms with Gasteiger partial charge < -0.3 is 10.2 Å². The maximum Gasteiger partial charge on any atom is 0.0639 e. The van der Waals surface area contributed by atoms with Gasteiger partial charge in [0, 0.05) is 26.2 Å². The first kappa shape index (κ1) is 15.1. The van der Waals surface area contributed by atoms with Crippen molar-refractivity contribution in [3.8, 4) is 0 Å². The molecule has 1 atom stereocenters. The SMILES string of the molecule is Clc1ccccc1N1CCN(CCCC2CCNC2)CC1. The maximum atomic E-state index is 6.29. The lowest BCUT2D eigenvalue weighted by molar-refractivity contribution is 0.247. The summed E-state index contributed by atoms with van der Waals surface area (Å²) >= 11 is 6.29. The van der Waals surface area contributed by atoms with Gasteiger partial charge >= 0.3 is 0 Å². The number of halogens is 1. The second-order valence-corrected chi connectivity index (χ2v) is 6.69. The minimum Gasteiger partial charge on any atom is -0.368 e. The lowest BCUT2D eigenvalue weighted by atomic mass is 10.0. The number of rotatable bonds is 5. The third-order valence-electron chi connectivity index (χ3n) is 4.81. The molecule has 1 N–H and O–H groups in total. The molecule has 2 heterocycles. The van der Waals surface area contributed by atoms with E-state index in [-0.39, 0.29) is 0 Å². The van der Waals surface area contributed by atoms with Crippen molar-refractivity contribution in [2.45, 2.75) is 19.3 Å². The van der Waals surface area contributed by atoms with Gasteiger partial charge in [0.25, 0.3) is 0 Å². The Morgan fingerprint density at radius 3 is 2.67 bits per heavy atom. The summed E-state index contributed by atoms with van der Waals surface area (Å²) in [5.41, 5.74) is 1.19. The molecule has 0 amide bonds. The number of nitrogens with one attached hydrogen (secondary N) is 1. The molecule has 0 aliphatic carbocycles. The van der Waals surface area contributed by atoms with Gasteiger partial charge in [0.15, 0.2) is 0 Å². The second-order valence-electron chi connectivity index (χ2n) is 6.28. The van der Waals surface area contributed by atoms with Crippen LogP contribution in [0.15, 0.2) is 24.3 Å². The van der Waals surface area contributed by atoms with Crippen molar-refractivity contribution in [3.05, 3.63) is 29.3 Å². The van der Waals surface area contributed by atoms with Crippen molar-refractivity contribution < 1.29 is 0 Å². The van der Waals surface area contributed by atoms with Crippen LogP contribution in [0.3, 0.4) is 0 Å². The van der Waals surface area contributed by atoms with Crippen LogP contribution in [0.1, 0.15) is 19.3 Å². The highest BCUT2D eigenvalue weighted by Crippen LogP contribution is 2.26. The van der Waals surface area contributed by atoms with Crippen molar-refractivity contribution in [1.82, 2.24) is 10.2 Å². The smallest absolute Gasteiger partial charge is 0.0639 e. The van der Waals surface area contributed by atoms with Crippen LogP contribution in [0.5, 0.6) is 0 Å². The van der Waals surface area contributed by atoms with E-state index in [9.17, 15) is 0 Å². The van der Waals surface area contributed by atoms with Crippen LogP contribution in [0.2, 0.25) is 5.02 Å². The summed E-state index contributed by atoms with van der Waals surface area (Å²) in [6, 6.07) is 8.19. The van der Waals surface area contributed by atoms with Crippen LogP contribution in [-0.2, 0) is 0 Å². The minimum atomic E-state index is 0.875. The van der Waals surface area contributed by atoms with Gasteiger partial charge in [-0.2, -0.15) is 0 Å². The fraction of sp³-hybridized carbons (Fsp3) is 0.647. The van der Waals surface area contributed by atoms with Gasteiger partial charge in [-0.15, -0.1) is 0 Å². The molecule has 4 heteroatoms. The molecule has 0 aromatic heterocycles. The molecule has 3 rings (SSSR count). The van der Waals surface area contributed by atoms with Gasteiger partial charge in [-0.05, 0) is 56.9 Å². The first-order valence-corrected chi connectivity index (χ1v) is 8.63. The van der Waals surface area contributed by atoms with Gasteiger partial charge in [-0.3, -0.25) is 4.90 Å². The van der Waals surface area contributed by atoms with Crippen molar-refractivity contribution >= 4 is 17.3 Å². The molecule has 116 valence electrons. The van der Waals surface area contributed by atoms with Crippen molar-refractivity contribution in [2.75, 3.05) is 50.7 Å². The number of hydrogen-bond donors (Lipinski definition) is 1. The number of piperazine rings is 1. The molecule has 1 aromatic carbocycles. The zero-order chi connectivity index (χ0) is 14.5. The van der Waals surface area contributed by atoms with Crippen LogP contribution >= 0.6 is 11.6 Å². The van der Waals surface area contributed by atoms with Crippen LogP contribution in [0.25, 0.3) is 0 Å². The monoisotopic (exact) mass is 307 g/mol. The number of anilines is 1. The highest BCUT2D eigenvalue weighted by molar-refractivity contribution is 6.33. The summed E-state index contributed by atoms with van der Waals surface area (Å²) < 4.78 is 0. The third-order valence-corrected chi connectivity index (χ3v) is 5.13. The molecule has 1 unspecified atom stereocenters. The molecule has 2 fully saturated rings. The molecule has 2 saturated heterocycles. The number of benzene rings is 1. The van der Waals surface area contributed by atoms with Crippen molar-refractivity contribution in [3.63, 3.8) is 0 Å². The first-order valence-electron chi connectivity index (χ1n) is 8.25. The molecule has 3 nitrogen and oxygen atoms in total. The average Bonchev–Trinajstić information content (AvgIpc) is 3.02. The van der Waals surface area contributed by atoms with Gasteiger partial charge in [-0.25, -0.2) is 0 Å². The lowest BCUT2D eigenvalue weighted by Gasteiger charge is -2.36. The van der Waals surface area contributed by atoms with Gasteiger partial charge in [0.05, 0.1) is 10.7 Å². The fourth-order valence-corrected chi connectivity index (χ4v) is 3.74. The molecular formula is C17H26ClN3. The molecular weight excluding hydrogens is 282 g/mol. The van der Waals surface area contributed by atoms with E-state index in [1.54, 1.807) is 0 Å². The summed E-state index contributed by atoms with van der Waals surface area (Å²) in [4.78, 5) is 5.02. The summed E-state index contributed by atoms with van der Waals surface area (Å²) in [6.45, 7) is 8.22. The standard InChI is InChI=1S/C17H26ClN3/c18-16-5-1-2-6-17(16)21-12-10-20(11-13-21)9-3-4-15-7-8-19-14-15/h1-2,5-6,15,19H,3-4,7-14H2. The largest absolute Gasteiger partial charge is 0.368 e. The van der Waals surface area contributed by atoms with Crippen LogP contribution in [-0.4, -0.2) is 50.7 Å². The minimum absolute atomic E-state index is 0.875. The second kappa shape index (κ2) is 7.48. The van der Waals surface area contributed by atoms with Crippen molar-refractivity contribution in [2.24, 2.45) is 5.92 Å². The predicted molar refractivity (Wildman–Crippen MR) is 90.3 cm³/mol. The molecule has 0 saturated carbocycles. The van der Waals surface area contributed by atoms with E-state index in [4.69, 9.17) is 11.6 Å². The Hall–Kier alpha value is -0.770. The third kappa shape index (κ3) is 4.12. The fourth-order valence-electron chi connectivity index (χ4n) is 3.48. The summed E-state index contributed by atoms with van der Waals surface area (Å²) in [7, 11) is 0. The van der Waals surface area contributed by atoms with Gasteiger partial charge in [0.2, 0.25) is 0 Å². The van der Waals surface area contributed by atoms with Gasteiger partial charge in [-0.1, -0.05) is 23.7 Å². The normalized spacial score (nSPS) is 23.7. The Morgan fingerprint density at radius 2 is 1.95 bits per heavy atom. The van der Waals surface area contributed by atoms with Crippen LogP contribution in [0, 0.1) is 5.92 Å². The van der Waals surface area contributed by atoms with Crippen molar-refractivity contribution in [1.29, 1.82) is 0 Å². The lowest BCUT2D eigenvalue weighted by Crippen LogP contribution is -2.46. The van der Waals surface area contributed by atoms with E-state index >= 15 is 0 Å². The number of nitrogens with zero attached hydrogens (tertiary/aromatic N) is 2. The van der Waals surface area contributed by atoms with E-state index in [0.29, 0.717) is 0 Å². The van der Waals surface area contributed by atoms with E-state index in [1.165, 1.54) is 44.6 Å². The molecule has 0 radical (unpaired) electrons. The topological polar surface area (TPSA) is 18.5 Å². The average molecular weight is 308 g/mol. The van der Waals surface area contributed by atoms with Crippen LogP contribution in [0.4, 0.5) is 5.69 Å². The molecule has 0 bridgehead atoms. The Labute approximate surface area is 133 Å². The molecule has 2 aliphatic rings. The molecule has 2 aliphatic heterocycles. The first-order chi connectivity index (χ1) is 10.3. The Morgan fingerprint density at radius 1 is 1.14 bits per heavy atom. The van der Waals surface area contributed by atoms with E-state index in [2.05, 4.69) is 27.2 Å². The Bertz CT molecular complexity index is 437. The quantitative estimate of drug-likeness (QED) is 0.902. The Kier molecular flexibility index (Phi) is 5.39. The molecule has 21 heavy (non-hydrogen) atoms. The van der Waals surface area contributed by atoms with E-state index < -0.39 is 0 Å². The van der Waals surface area contributed by atoms with E-state index in [1.807, 2.05) is 12.1 Å². The van der Waals surface area contributed by atoms with E-state index in [0.717, 1.165) is 37.1 Å². The number of para-hydroxylation sites is 1. The highest BCUT2D eigenvalue weighted by atomic mass is 35.5. The zero-order valence-corrected chi connectivity index (χ0v) is 13.5. The molecule has 0 spiro atoms. The van der Waals surface area contributed by atoms with Gasteiger partial charge in [0.1, 0.15) is 0 Å². The Balaban J connectivity index is 1.39. The van der Waals surface area contributed by atoms with Crippen LogP contribution < -0.4 is 10.2 Å². The summed E-state index contributed by atoms with van der Waals surface area (Å²) in [6.07, 6.45) is 4.11. The molecule has 1 aromatic rings. The summed E-state index contributed by atoms with van der Waals surface area (Å²) in [5.74, 6) is 0.925. The zero-order valence-electron chi connectivity index (χ0n) is 12.7. The predicted octanol–water partition coefficient (Wildman–Crippen LogP) is 2.85. The maximum absolute atomic E-state index is 6.29.